The van der Waals surface area contributed by atoms with Gasteiger partial charge in [0.1, 0.15) is 0 Å². The van der Waals surface area contributed by atoms with Gasteiger partial charge in [-0.2, -0.15) is 0 Å². The predicted molar refractivity (Wildman–Crippen MR) is 83.3 cm³/mol. The first-order chi connectivity index (χ1) is 9.24. The molecule has 1 aromatic carbocycles. The lowest BCUT2D eigenvalue weighted by molar-refractivity contribution is 0.0504. The quantitative estimate of drug-likeness (QED) is 0.843. The molecule has 1 aliphatic rings. The monoisotopic (exact) mass is 325 g/mol. The minimum absolute atomic E-state index is 0.269. The number of benzene rings is 1. The van der Waals surface area contributed by atoms with Gasteiger partial charge in [0.15, 0.2) is 0 Å². The molecule has 0 saturated heterocycles. The summed E-state index contributed by atoms with van der Waals surface area (Å²) in [6.45, 7) is 3.80. The van der Waals surface area contributed by atoms with Crippen molar-refractivity contribution < 1.29 is 4.74 Å². The summed E-state index contributed by atoms with van der Waals surface area (Å²) in [5.41, 5.74) is 1.23. The van der Waals surface area contributed by atoms with Crippen molar-refractivity contribution in [1.29, 1.82) is 0 Å². The summed E-state index contributed by atoms with van der Waals surface area (Å²) in [6.07, 6.45) is 7.11. The van der Waals surface area contributed by atoms with Crippen LogP contribution >= 0.6 is 15.9 Å². The van der Waals surface area contributed by atoms with Crippen LogP contribution in [0.1, 0.15) is 44.6 Å². The van der Waals surface area contributed by atoms with Crippen LogP contribution in [0.4, 0.5) is 0 Å². The van der Waals surface area contributed by atoms with Crippen molar-refractivity contribution in [3.05, 3.63) is 34.3 Å². The van der Waals surface area contributed by atoms with E-state index >= 15 is 0 Å². The van der Waals surface area contributed by atoms with E-state index in [9.17, 15) is 0 Å². The van der Waals surface area contributed by atoms with Crippen molar-refractivity contribution in [1.82, 2.24) is 5.32 Å². The van der Waals surface area contributed by atoms with E-state index in [4.69, 9.17) is 4.74 Å². The molecule has 1 saturated carbocycles. The maximum atomic E-state index is 5.88. The molecule has 0 spiro atoms. The Morgan fingerprint density at radius 1 is 1.21 bits per heavy atom. The van der Waals surface area contributed by atoms with E-state index in [1.165, 1.54) is 37.7 Å². The van der Waals surface area contributed by atoms with Gasteiger partial charge in [-0.05, 0) is 37.5 Å². The molecule has 19 heavy (non-hydrogen) atoms. The van der Waals surface area contributed by atoms with Crippen LogP contribution in [0.2, 0.25) is 0 Å². The molecule has 3 heteroatoms. The molecule has 106 valence electrons. The SMILES string of the molecule is CC(CNC1CCCCC1)OCc1ccc(Br)cc1. The van der Waals surface area contributed by atoms with E-state index in [-0.39, 0.29) is 6.10 Å². The van der Waals surface area contributed by atoms with Crippen LogP contribution < -0.4 is 5.32 Å². The fourth-order valence-corrected chi connectivity index (χ4v) is 2.78. The van der Waals surface area contributed by atoms with Gasteiger partial charge >= 0.3 is 0 Å². The second kappa shape index (κ2) is 8.03. The summed E-state index contributed by atoms with van der Waals surface area (Å²) in [5, 5.41) is 3.63. The molecule has 1 N–H and O–H groups in total. The first-order valence-electron chi connectivity index (χ1n) is 7.33. The average molecular weight is 326 g/mol. The lowest BCUT2D eigenvalue weighted by Gasteiger charge is -2.24. The second-order valence-corrected chi connectivity index (χ2v) is 6.41. The minimum Gasteiger partial charge on any atom is -0.373 e. The largest absolute Gasteiger partial charge is 0.373 e. The molecule has 1 aromatic rings. The lowest BCUT2D eigenvalue weighted by Crippen LogP contribution is -2.36. The Kier molecular flexibility index (Phi) is 6.35. The maximum Gasteiger partial charge on any atom is 0.0721 e. The molecule has 0 aromatic heterocycles. The van der Waals surface area contributed by atoms with Crippen LogP contribution in [-0.4, -0.2) is 18.7 Å². The standard InChI is InChI=1S/C16H24BrNO/c1-13(11-18-16-5-3-2-4-6-16)19-12-14-7-9-15(17)10-8-14/h7-10,13,16,18H,2-6,11-12H2,1H3. The minimum atomic E-state index is 0.269. The van der Waals surface area contributed by atoms with Gasteiger partial charge in [0, 0.05) is 17.1 Å². The molecule has 2 rings (SSSR count). The van der Waals surface area contributed by atoms with Gasteiger partial charge < -0.3 is 10.1 Å². The fourth-order valence-electron chi connectivity index (χ4n) is 2.52. The lowest BCUT2D eigenvalue weighted by atomic mass is 9.95. The number of hydrogen-bond donors (Lipinski definition) is 1. The molecule has 1 fully saturated rings. The van der Waals surface area contributed by atoms with Crippen LogP contribution in [-0.2, 0) is 11.3 Å². The zero-order valence-corrected chi connectivity index (χ0v) is 13.3. The molecule has 2 nitrogen and oxygen atoms in total. The van der Waals surface area contributed by atoms with Gasteiger partial charge in [0.25, 0.3) is 0 Å². The van der Waals surface area contributed by atoms with Gasteiger partial charge in [0.05, 0.1) is 12.7 Å². The Hall–Kier alpha value is -0.380. The van der Waals surface area contributed by atoms with Crippen LogP contribution in [0.5, 0.6) is 0 Å². The third-order valence-corrected chi connectivity index (χ3v) is 4.28. The van der Waals surface area contributed by atoms with Gasteiger partial charge in [-0.3, -0.25) is 0 Å². The highest BCUT2D eigenvalue weighted by Gasteiger charge is 2.13. The van der Waals surface area contributed by atoms with Crippen molar-refractivity contribution in [3.8, 4) is 0 Å². The summed E-state index contributed by atoms with van der Waals surface area (Å²) in [5.74, 6) is 0. The number of nitrogens with one attached hydrogen (secondary N) is 1. The van der Waals surface area contributed by atoms with E-state index in [1.807, 2.05) is 0 Å². The predicted octanol–water partition coefficient (Wildman–Crippen LogP) is 4.28. The van der Waals surface area contributed by atoms with Crippen molar-refractivity contribution in [3.63, 3.8) is 0 Å². The smallest absolute Gasteiger partial charge is 0.0721 e. The highest BCUT2D eigenvalue weighted by Crippen LogP contribution is 2.17. The maximum absolute atomic E-state index is 5.88. The molecule has 0 bridgehead atoms. The van der Waals surface area contributed by atoms with Crippen LogP contribution in [0, 0.1) is 0 Å². The first kappa shape index (κ1) is 15.0. The molecule has 0 amide bonds. The molecular weight excluding hydrogens is 302 g/mol. The van der Waals surface area contributed by atoms with Gasteiger partial charge in [-0.15, -0.1) is 0 Å². The zero-order valence-electron chi connectivity index (χ0n) is 11.7. The van der Waals surface area contributed by atoms with Crippen LogP contribution in [0.3, 0.4) is 0 Å². The van der Waals surface area contributed by atoms with Gasteiger partial charge in [0.2, 0.25) is 0 Å². The van der Waals surface area contributed by atoms with E-state index in [0.29, 0.717) is 12.6 Å². The van der Waals surface area contributed by atoms with Crippen molar-refractivity contribution >= 4 is 15.9 Å². The highest BCUT2D eigenvalue weighted by molar-refractivity contribution is 9.10. The van der Waals surface area contributed by atoms with Crippen LogP contribution in [0.15, 0.2) is 28.7 Å². The van der Waals surface area contributed by atoms with E-state index < -0.39 is 0 Å². The molecule has 0 aliphatic heterocycles. The molecule has 1 aliphatic carbocycles. The molecule has 1 unspecified atom stereocenters. The van der Waals surface area contributed by atoms with Gasteiger partial charge in [-0.1, -0.05) is 47.3 Å². The zero-order chi connectivity index (χ0) is 13.5. The van der Waals surface area contributed by atoms with E-state index in [0.717, 1.165) is 11.0 Å². The number of ether oxygens (including phenoxy) is 1. The molecule has 0 radical (unpaired) electrons. The van der Waals surface area contributed by atoms with Crippen molar-refractivity contribution in [2.75, 3.05) is 6.54 Å². The Morgan fingerprint density at radius 3 is 2.58 bits per heavy atom. The van der Waals surface area contributed by atoms with Crippen molar-refractivity contribution in [2.24, 2.45) is 0 Å². The second-order valence-electron chi connectivity index (χ2n) is 5.49. The molecular formula is C16H24BrNO. The average Bonchev–Trinajstić information content (AvgIpc) is 2.45. The molecule has 0 heterocycles. The van der Waals surface area contributed by atoms with Crippen LogP contribution in [0.25, 0.3) is 0 Å². The number of rotatable bonds is 6. The topological polar surface area (TPSA) is 21.3 Å². The molecule has 1 atom stereocenters. The summed E-state index contributed by atoms with van der Waals surface area (Å²) in [7, 11) is 0. The normalized spacial score (nSPS) is 18.4. The Balaban J connectivity index is 1.63. The summed E-state index contributed by atoms with van der Waals surface area (Å²) < 4.78 is 7.00. The van der Waals surface area contributed by atoms with Crippen molar-refractivity contribution in [2.45, 2.75) is 57.8 Å². The first-order valence-corrected chi connectivity index (χ1v) is 8.13. The third-order valence-electron chi connectivity index (χ3n) is 3.75. The highest BCUT2D eigenvalue weighted by atomic mass is 79.9. The summed E-state index contributed by atoms with van der Waals surface area (Å²) >= 11 is 3.44. The van der Waals surface area contributed by atoms with E-state index in [1.54, 1.807) is 0 Å². The number of hydrogen-bond acceptors (Lipinski definition) is 2. The third kappa shape index (κ3) is 5.64. The Bertz CT molecular complexity index is 360. The fraction of sp³-hybridized carbons (Fsp3) is 0.625. The Morgan fingerprint density at radius 2 is 1.89 bits per heavy atom. The number of halogens is 1. The summed E-state index contributed by atoms with van der Waals surface area (Å²) in [4.78, 5) is 0. The van der Waals surface area contributed by atoms with E-state index in [2.05, 4.69) is 52.4 Å². The van der Waals surface area contributed by atoms with Gasteiger partial charge in [-0.25, -0.2) is 0 Å². The summed E-state index contributed by atoms with van der Waals surface area (Å²) in [6, 6.07) is 9.04. The Labute approximate surface area is 125 Å².